The van der Waals surface area contributed by atoms with E-state index in [0.717, 1.165) is 11.1 Å². The first-order valence-corrected chi connectivity index (χ1v) is 8.15. The number of nitrogens with zero attached hydrogens (tertiary/aromatic N) is 1. The average Bonchev–Trinajstić information content (AvgIpc) is 2.95. The minimum Gasteiger partial charge on any atom is -0.489 e. The van der Waals surface area contributed by atoms with Crippen molar-refractivity contribution in [1.29, 1.82) is 0 Å². The van der Waals surface area contributed by atoms with Gasteiger partial charge in [0.15, 0.2) is 0 Å². The van der Waals surface area contributed by atoms with E-state index in [-0.39, 0.29) is 25.4 Å². The van der Waals surface area contributed by atoms with Gasteiger partial charge in [-0.2, -0.15) is 0 Å². The third-order valence-corrected chi connectivity index (χ3v) is 4.28. The fourth-order valence-electron chi connectivity index (χ4n) is 3.04. The highest BCUT2D eigenvalue weighted by Gasteiger charge is 2.35. The summed E-state index contributed by atoms with van der Waals surface area (Å²) in [6.07, 6.45) is -0.865. The number of amides is 1. The van der Waals surface area contributed by atoms with E-state index in [4.69, 9.17) is 10.5 Å². The molecule has 2 N–H and O–H groups in total. The molecule has 132 valence electrons. The third kappa shape index (κ3) is 4.54. The van der Waals surface area contributed by atoms with Crippen molar-refractivity contribution in [2.45, 2.75) is 31.8 Å². The molecule has 0 spiro atoms. The van der Waals surface area contributed by atoms with Crippen molar-refractivity contribution in [2.24, 2.45) is 5.73 Å². The molecule has 6 heteroatoms. The summed E-state index contributed by atoms with van der Waals surface area (Å²) in [6.45, 7) is 0.945. The molecule has 1 aliphatic rings. The maximum Gasteiger partial charge on any atom is 0.234 e. The zero-order valence-electron chi connectivity index (χ0n) is 13.7. The number of benzene rings is 2. The normalized spacial score (nSPS) is 20.6. The maximum atomic E-state index is 13.5. The van der Waals surface area contributed by atoms with E-state index < -0.39 is 18.1 Å². The topological polar surface area (TPSA) is 55.6 Å². The number of nitrogens with two attached hydrogens (primary N) is 1. The highest BCUT2D eigenvalue weighted by atomic mass is 19.1. The SMILES string of the molecule is NC(=O)[C@H]1C[C@@H](F)CN1Cc1ccc(OCc2cccc(F)c2)cc1. The molecule has 0 unspecified atom stereocenters. The van der Waals surface area contributed by atoms with Crippen LogP contribution < -0.4 is 10.5 Å². The van der Waals surface area contributed by atoms with E-state index in [2.05, 4.69) is 0 Å². The number of ether oxygens (including phenoxy) is 1. The Morgan fingerprint density at radius 3 is 2.64 bits per heavy atom. The van der Waals surface area contributed by atoms with Gasteiger partial charge in [0.25, 0.3) is 0 Å². The van der Waals surface area contributed by atoms with E-state index >= 15 is 0 Å². The van der Waals surface area contributed by atoms with Gasteiger partial charge in [0.1, 0.15) is 24.3 Å². The van der Waals surface area contributed by atoms with E-state index in [1.165, 1.54) is 12.1 Å². The van der Waals surface area contributed by atoms with Crippen LogP contribution in [0.2, 0.25) is 0 Å². The molecule has 25 heavy (non-hydrogen) atoms. The Balaban J connectivity index is 1.58. The standard InChI is InChI=1S/C19H20F2N2O2/c20-15-3-1-2-14(8-15)12-25-17-6-4-13(5-7-17)10-23-11-16(21)9-18(23)19(22)24/h1-8,16,18H,9-12H2,(H2,22,24)/t16-,18-/m1/s1. The van der Waals surface area contributed by atoms with Gasteiger partial charge >= 0.3 is 0 Å². The zero-order chi connectivity index (χ0) is 17.8. The molecule has 0 radical (unpaired) electrons. The van der Waals surface area contributed by atoms with E-state index in [0.29, 0.717) is 12.3 Å². The van der Waals surface area contributed by atoms with Crippen LogP contribution in [-0.2, 0) is 17.9 Å². The molecule has 2 atom stereocenters. The van der Waals surface area contributed by atoms with Crippen LogP contribution in [0.4, 0.5) is 8.78 Å². The van der Waals surface area contributed by atoms with Crippen molar-refractivity contribution in [3.63, 3.8) is 0 Å². The Morgan fingerprint density at radius 2 is 1.96 bits per heavy atom. The van der Waals surface area contributed by atoms with Crippen molar-refractivity contribution in [3.05, 3.63) is 65.5 Å². The monoisotopic (exact) mass is 346 g/mol. The highest BCUT2D eigenvalue weighted by Crippen LogP contribution is 2.23. The molecule has 3 rings (SSSR count). The lowest BCUT2D eigenvalue weighted by atomic mass is 10.1. The van der Waals surface area contributed by atoms with Crippen LogP contribution in [0.25, 0.3) is 0 Å². The molecular weight excluding hydrogens is 326 g/mol. The number of carbonyl (C=O) groups excluding carboxylic acids is 1. The first-order valence-electron chi connectivity index (χ1n) is 8.15. The molecule has 1 fully saturated rings. The number of carbonyl (C=O) groups is 1. The van der Waals surface area contributed by atoms with E-state index in [9.17, 15) is 13.6 Å². The molecule has 0 aromatic heterocycles. The van der Waals surface area contributed by atoms with Crippen molar-refractivity contribution in [1.82, 2.24) is 4.90 Å². The fraction of sp³-hybridized carbons (Fsp3) is 0.316. The van der Waals surface area contributed by atoms with Gasteiger partial charge in [-0.05, 0) is 35.4 Å². The Hall–Kier alpha value is -2.47. The Morgan fingerprint density at radius 1 is 1.20 bits per heavy atom. The number of likely N-dealkylation sites (tertiary alicyclic amines) is 1. The predicted molar refractivity (Wildman–Crippen MR) is 90.1 cm³/mol. The van der Waals surface area contributed by atoms with E-state index in [1.807, 2.05) is 12.1 Å². The maximum absolute atomic E-state index is 13.5. The molecule has 0 bridgehead atoms. The summed E-state index contributed by atoms with van der Waals surface area (Å²) in [7, 11) is 0. The van der Waals surface area contributed by atoms with Gasteiger partial charge in [0.05, 0.1) is 6.04 Å². The van der Waals surface area contributed by atoms with Crippen LogP contribution in [0.5, 0.6) is 5.75 Å². The van der Waals surface area contributed by atoms with Crippen LogP contribution in [-0.4, -0.2) is 29.6 Å². The van der Waals surface area contributed by atoms with Gasteiger partial charge in [-0.25, -0.2) is 8.78 Å². The van der Waals surface area contributed by atoms with Crippen LogP contribution in [0.15, 0.2) is 48.5 Å². The predicted octanol–water partition coefficient (Wildman–Crippen LogP) is 2.80. The number of rotatable bonds is 6. The van der Waals surface area contributed by atoms with Crippen LogP contribution >= 0.6 is 0 Å². The molecule has 1 saturated heterocycles. The van der Waals surface area contributed by atoms with Crippen molar-refractivity contribution < 1.29 is 18.3 Å². The quantitative estimate of drug-likeness (QED) is 0.875. The van der Waals surface area contributed by atoms with Gasteiger partial charge in [-0.15, -0.1) is 0 Å². The van der Waals surface area contributed by atoms with Gasteiger partial charge in [-0.1, -0.05) is 24.3 Å². The molecule has 0 aliphatic carbocycles. The minimum atomic E-state index is -1.02. The van der Waals surface area contributed by atoms with Gasteiger partial charge in [-0.3, -0.25) is 9.69 Å². The Bertz CT molecular complexity index is 736. The molecule has 2 aromatic carbocycles. The number of hydrogen-bond donors (Lipinski definition) is 1. The summed E-state index contributed by atoms with van der Waals surface area (Å²) in [6, 6.07) is 13.0. The third-order valence-electron chi connectivity index (χ3n) is 4.28. The average molecular weight is 346 g/mol. The van der Waals surface area contributed by atoms with Crippen LogP contribution in [0, 0.1) is 5.82 Å². The zero-order valence-corrected chi connectivity index (χ0v) is 13.7. The molecule has 4 nitrogen and oxygen atoms in total. The highest BCUT2D eigenvalue weighted by molar-refractivity contribution is 5.80. The second-order valence-electron chi connectivity index (χ2n) is 6.24. The lowest BCUT2D eigenvalue weighted by Gasteiger charge is -2.21. The minimum absolute atomic E-state index is 0.157. The van der Waals surface area contributed by atoms with Gasteiger partial charge in [0, 0.05) is 19.5 Å². The van der Waals surface area contributed by atoms with Crippen LogP contribution in [0.1, 0.15) is 17.5 Å². The van der Waals surface area contributed by atoms with Crippen molar-refractivity contribution >= 4 is 5.91 Å². The molecule has 1 amide bonds. The molecule has 1 aliphatic heterocycles. The Kier molecular flexibility index (Phi) is 5.28. The van der Waals surface area contributed by atoms with E-state index in [1.54, 1.807) is 29.2 Å². The summed E-state index contributed by atoms with van der Waals surface area (Å²) in [5, 5.41) is 0. The summed E-state index contributed by atoms with van der Waals surface area (Å²) in [5.41, 5.74) is 7.03. The molecular formula is C19H20F2N2O2. The molecule has 1 heterocycles. The van der Waals surface area contributed by atoms with Gasteiger partial charge in [0.2, 0.25) is 5.91 Å². The number of hydrogen-bond acceptors (Lipinski definition) is 3. The fourth-order valence-corrected chi connectivity index (χ4v) is 3.04. The second kappa shape index (κ2) is 7.61. The summed E-state index contributed by atoms with van der Waals surface area (Å²) >= 11 is 0. The summed E-state index contributed by atoms with van der Waals surface area (Å²) < 4.78 is 32.3. The smallest absolute Gasteiger partial charge is 0.234 e. The lowest BCUT2D eigenvalue weighted by molar-refractivity contribution is -0.122. The molecule has 0 saturated carbocycles. The lowest BCUT2D eigenvalue weighted by Crippen LogP contribution is -2.39. The largest absolute Gasteiger partial charge is 0.489 e. The van der Waals surface area contributed by atoms with Crippen molar-refractivity contribution in [3.8, 4) is 5.75 Å². The van der Waals surface area contributed by atoms with Crippen molar-refractivity contribution in [2.75, 3.05) is 6.54 Å². The molecule has 2 aromatic rings. The first kappa shape index (κ1) is 17.4. The Labute approximate surface area is 145 Å². The summed E-state index contributed by atoms with van der Waals surface area (Å²) in [4.78, 5) is 13.2. The first-order chi connectivity index (χ1) is 12.0. The number of alkyl halides is 1. The second-order valence-corrected chi connectivity index (χ2v) is 6.24. The van der Waals surface area contributed by atoms with Crippen LogP contribution in [0.3, 0.4) is 0 Å². The number of primary amides is 1. The van der Waals surface area contributed by atoms with Gasteiger partial charge < -0.3 is 10.5 Å². The number of halogens is 2. The summed E-state index contributed by atoms with van der Waals surface area (Å²) in [5.74, 6) is -0.128.